The fourth-order valence-electron chi connectivity index (χ4n) is 0. The van der Waals surface area contributed by atoms with Crippen LogP contribution in [0, 0.1) is 0 Å². The molecule has 4 heteroatoms. The molecule has 0 radical (unpaired) electrons. The normalized spacial score (nSPS) is 0. The average molecular weight is 165 g/mol. The van der Waals surface area contributed by atoms with Crippen LogP contribution in [0.1, 0.15) is 0 Å². The van der Waals surface area contributed by atoms with E-state index in [-0.39, 0.29) is 62.9 Å². The standard InChI is InChI=1S/Ag.Na.2H2O/h;;2*1H2/q2*+1;;/p-2. The Hall–Kier alpha value is 1.66. The molecule has 0 fully saturated rings. The topological polar surface area (TPSA) is 60.0 Å². The van der Waals surface area contributed by atoms with Crippen LogP contribution in [0.3, 0.4) is 0 Å². The van der Waals surface area contributed by atoms with Gasteiger partial charge < -0.3 is 11.0 Å². The van der Waals surface area contributed by atoms with Crippen LogP contribution in [-0.4, -0.2) is 11.0 Å². The molecule has 0 saturated carbocycles. The minimum atomic E-state index is 0. The fourth-order valence-corrected chi connectivity index (χ4v) is 0. The summed E-state index contributed by atoms with van der Waals surface area (Å²) in [6.45, 7) is 0. The van der Waals surface area contributed by atoms with Crippen LogP contribution in [-0.2, 0) is 22.4 Å². The molecule has 0 aromatic carbocycles. The monoisotopic (exact) mass is 164 g/mol. The number of rotatable bonds is 0. The molecule has 2 N–H and O–H groups in total. The van der Waals surface area contributed by atoms with Crippen molar-refractivity contribution in [2.45, 2.75) is 0 Å². The molecule has 0 aliphatic carbocycles. The van der Waals surface area contributed by atoms with E-state index in [1.54, 1.807) is 0 Å². The van der Waals surface area contributed by atoms with Crippen molar-refractivity contribution >= 4 is 0 Å². The first kappa shape index (κ1) is 44.6. The van der Waals surface area contributed by atoms with E-state index in [1.165, 1.54) is 0 Å². The fraction of sp³-hybridized carbons (Fsp3) is 0. The summed E-state index contributed by atoms with van der Waals surface area (Å²) in [6.07, 6.45) is 0. The predicted octanol–water partition coefficient (Wildman–Crippen LogP) is -3.35. The first-order valence-electron chi connectivity index (χ1n) is 0. The van der Waals surface area contributed by atoms with E-state index >= 15 is 0 Å². The molecule has 0 heterocycles. The van der Waals surface area contributed by atoms with E-state index in [9.17, 15) is 0 Å². The Morgan fingerprint density at radius 2 is 0.750 bits per heavy atom. The van der Waals surface area contributed by atoms with Crippen molar-refractivity contribution in [3.8, 4) is 0 Å². The maximum Gasteiger partial charge on any atom is 1.00 e. The molecular formula is H2AgNaO2. The minimum absolute atomic E-state index is 0. The summed E-state index contributed by atoms with van der Waals surface area (Å²) in [4.78, 5) is 0. The van der Waals surface area contributed by atoms with Gasteiger partial charge in [0.2, 0.25) is 0 Å². The Morgan fingerprint density at radius 1 is 0.750 bits per heavy atom. The summed E-state index contributed by atoms with van der Waals surface area (Å²) in [6, 6.07) is 0. The molecule has 0 aromatic rings. The molecule has 0 atom stereocenters. The van der Waals surface area contributed by atoms with Gasteiger partial charge in [0.1, 0.15) is 0 Å². The van der Waals surface area contributed by atoms with Crippen molar-refractivity contribution in [3.05, 3.63) is 0 Å². The molecule has 26 valence electrons. The molecule has 0 unspecified atom stereocenters. The molecule has 0 bridgehead atoms. The Kier molecular flexibility index (Phi) is 253. The zero-order valence-corrected chi connectivity index (χ0v) is 5.68. The first-order chi connectivity index (χ1) is 0. The van der Waals surface area contributed by atoms with Crippen molar-refractivity contribution in [1.29, 1.82) is 0 Å². The van der Waals surface area contributed by atoms with Crippen LogP contribution in [0.25, 0.3) is 0 Å². The predicted molar refractivity (Wildman–Crippen MR) is 3.87 cm³/mol. The van der Waals surface area contributed by atoms with Crippen LogP contribution >= 0.6 is 0 Å². The van der Waals surface area contributed by atoms with Gasteiger partial charge in [0.25, 0.3) is 0 Å². The molecule has 0 aliphatic rings. The minimum Gasteiger partial charge on any atom is -0.870 e. The summed E-state index contributed by atoms with van der Waals surface area (Å²) in [7, 11) is 0. The van der Waals surface area contributed by atoms with E-state index in [1.807, 2.05) is 0 Å². The number of hydrogen-bond donors (Lipinski definition) is 0. The Labute approximate surface area is 62.4 Å². The first-order valence-corrected chi connectivity index (χ1v) is 0. The molecule has 2 nitrogen and oxygen atoms in total. The van der Waals surface area contributed by atoms with Gasteiger partial charge >= 0.3 is 51.9 Å². The van der Waals surface area contributed by atoms with Crippen molar-refractivity contribution in [1.82, 2.24) is 0 Å². The van der Waals surface area contributed by atoms with Gasteiger partial charge in [-0.1, -0.05) is 0 Å². The molecule has 4 heavy (non-hydrogen) atoms. The van der Waals surface area contributed by atoms with Gasteiger partial charge in [-0.05, 0) is 0 Å². The van der Waals surface area contributed by atoms with Crippen LogP contribution in [0.2, 0.25) is 0 Å². The third-order valence-corrected chi connectivity index (χ3v) is 0. The summed E-state index contributed by atoms with van der Waals surface area (Å²) in [5.74, 6) is 0. The smallest absolute Gasteiger partial charge is 0.870 e. The van der Waals surface area contributed by atoms with Gasteiger partial charge in [-0.2, -0.15) is 0 Å². The largest absolute Gasteiger partial charge is 1.00 e. The third kappa shape index (κ3) is 9.40. The van der Waals surface area contributed by atoms with Crippen LogP contribution in [0.4, 0.5) is 0 Å². The van der Waals surface area contributed by atoms with Crippen LogP contribution in [0.5, 0.6) is 0 Å². The summed E-state index contributed by atoms with van der Waals surface area (Å²) in [5.41, 5.74) is 0. The maximum atomic E-state index is 0. The second-order valence-corrected chi connectivity index (χ2v) is 0. The number of hydrogen-bond acceptors (Lipinski definition) is 2. The second kappa shape index (κ2) is 22.7. The third-order valence-electron chi connectivity index (χ3n) is 0. The Balaban J connectivity index is 0. The van der Waals surface area contributed by atoms with Crippen LogP contribution < -0.4 is 29.6 Å². The van der Waals surface area contributed by atoms with Crippen molar-refractivity contribution < 1.29 is 62.9 Å². The quantitative estimate of drug-likeness (QED) is 0.352. The molecule has 0 aromatic heterocycles. The van der Waals surface area contributed by atoms with Gasteiger partial charge in [-0.25, -0.2) is 0 Å². The second-order valence-electron chi connectivity index (χ2n) is 0. The van der Waals surface area contributed by atoms with Gasteiger partial charge in [0.05, 0.1) is 0 Å². The van der Waals surface area contributed by atoms with E-state index < -0.39 is 0 Å². The van der Waals surface area contributed by atoms with Gasteiger partial charge in [0, 0.05) is 0 Å². The van der Waals surface area contributed by atoms with E-state index in [0.717, 1.165) is 0 Å². The van der Waals surface area contributed by atoms with E-state index in [4.69, 9.17) is 0 Å². The summed E-state index contributed by atoms with van der Waals surface area (Å²) >= 11 is 0. The Morgan fingerprint density at radius 3 is 0.750 bits per heavy atom. The van der Waals surface area contributed by atoms with Crippen molar-refractivity contribution in [2.24, 2.45) is 0 Å². The van der Waals surface area contributed by atoms with Gasteiger partial charge in [-0.15, -0.1) is 0 Å². The molecule has 0 saturated heterocycles. The van der Waals surface area contributed by atoms with Crippen molar-refractivity contribution in [3.63, 3.8) is 0 Å². The van der Waals surface area contributed by atoms with Gasteiger partial charge in [0.15, 0.2) is 0 Å². The van der Waals surface area contributed by atoms with E-state index in [2.05, 4.69) is 0 Å². The molecule has 0 rings (SSSR count). The zero-order chi connectivity index (χ0) is 0. The van der Waals surface area contributed by atoms with Crippen LogP contribution in [0.15, 0.2) is 0 Å². The Bertz CT molecular complexity index is 6.00. The van der Waals surface area contributed by atoms with E-state index in [0.29, 0.717) is 0 Å². The molecule has 0 aliphatic heterocycles. The maximum absolute atomic E-state index is 0. The van der Waals surface area contributed by atoms with Crippen molar-refractivity contribution in [2.75, 3.05) is 0 Å². The molecular weight excluding hydrogens is 163 g/mol. The molecule has 0 amide bonds. The average Bonchev–Trinajstić information content (AvgIpc) is 0. The summed E-state index contributed by atoms with van der Waals surface area (Å²) in [5, 5.41) is 0. The SMILES string of the molecule is [Ag+].[Na+].[OH-].[OH-]. The zero-order valence-electron chi connectivity index (χ0n) is 2.20. The molecule has 0 spiro atoms. The summed E-state index contributed by atoms with van der Waals surface area (Å²) < 4.78 is 0. The van der Waals surface area contributed by atoms with Gasteiger partial charge in [-0.3, -0.25) is 0 Å².